The fourth-order valence-electron chi connectivity index (χ4n) is 2.97. The number of hydrogen-bond donors (Lipinski definition) is 1. The number of ether oxygens (including phenoxy) is 1. The van der Waals surface area contributed by atoms with E-state index in [2.05, 4.69) is 31.2 Å². The maximum absolute atomic E-state index is 6.40. The number of nitrogens with zero attached hydrogens (tertiary/aromatic N) is 2. The van der Waals surface area contributed by atoms with Crippen LogP contribution in [0, 0.1) is 0 Å². The van der Waals surface area contributed by atoms with Gasteiger partial charge in [0.15, 0.2) is 0 Å². The lowest BCUT2D eigenvalue weighted by Gasteiger charge is -2.23. The molecule has 2 rings (SSSR count). The summed E-state index contributed by atoms with van der Waals surface area (Å²) in [6.07, 6.45) is 7.82. The van der Waals surface area contributed by atoms with Crippen LogP contribution >= 0.6 is 11.6 Å². The second kappa shape index (κ2) is 8.16. The van der Waals surface area contributed by atoms with Crippen LogP contribution in [-0.4, -0.2) is 29.0 Å². The number of aromatic nitrogens is 2. The molecule has 2 atom stereocenters. The first-order chi connectivity index (χ1) is 10.1. The summed E-state index contributed by atoms with van der Waals surface area (Å²) in [6.45, 7) is 8.39. The monoisotopic (exact) mass is 313 g/mol. The summed E-state index contributed by atoms with van der Waals surface area (Å²) in [5.74, 6) is 0. The average Bonchev–Trinajstić information content (AvgIpc) is 3.09. The van der Waals surface area contributed by atoms with Crippen LogP contribution in [-0.2, 0) is 4.74 Å². The molecule has 4 nitrogen and oxygen atoms in total. The highest BCUT2D eigenvalue weighted by Crippen LogP contribution is 2.30. The van der Waals surface area contributed by atoms with Crippen molar-refractivity contribution in [2.45, 2.75) is 71.1 Å². The van der Waals surface area contributed by atoms with Gasteiger partial charge >= 0.3 is 0 Å². The molecule has 0 bridgehead atoms. The van der Waals surface area contributed by atoms with Crippen molar-refractivity contribution in [2.24, 2.45) is 0 Å². The van der Waals surface area contributed by atoms with Crippen LogP contribution in [0.25, 0.3) is 0 Å². The Kier molecular flexibility index (Phi) is 6.52. The smallest absolute Gasteiger partial charge is 0.0834 e. The van der Waals surface area contributed by atoms with E-state index in [1.807, 2.05) is 4.68 Å². The molecule has 0 spiro atoms. The van der Waals surface area contributed by atoms with Gasteiger partial charge < -0.3 is 10.1 Å². The minimum absolute atomic E-state index is 0.256. The lowest BCUT2D eigenvalue weighted by molar-refractivity contribution is 0.0992. The van der Waals surface area contributed by atoms with Gasteiger partial charge in [-0.05, 0) is 52.5 Å². The molecule has 5 heteroatoms. The van der Waals surface area contributed by atoms with Gasteiger partial charge in [-0.15, -0.1) is 0 Å². The fraction of sp³-hybridized carbons (Fsp3) is 0.812. The highest BCUT2D eigenvalue weighted by atomic mass is 35.5. The van der Waals surface area contributed by atoms with Crippen LogP contribution in [0.1, 0.15) is 70.7 Å². The van der Waals surface area contributed by atoms with Gasteiger partial charge in [0, 0.05) is 12.6 Å². The molecular weight excluding hydrogens is 286 g/mol. The van der Waals surface area contributed by atoms with Gasteiger partial charge in [-0.1, -0.05) is 18.5 Å². The molecule has 1 aliphatic rings. The van der Waals surface area contributed by atoms with E-state index >= 15 is 0 Å². The Morgan fingerprint density at radius 3 is 2.95 bits per heavy atom. The molecule has 0 radical (unpaired) electrons. The summed E-state index contributed by atoms with van der Waals surface area (Å²) in [5.41, 5.74) is 1.12. The normalized spacial score (nSPS) is 20.3. The van der Waals surface area contributed by atoms with Crippen LogP contribution in [0.2, 0.25) is 5.02 Å². The van der Waals surface area contributed by atoms with Crippen LogP contribution in [0.15, 0.2) is 6.20 Å². The molecule has 21 heavy (non-hydrogen) atoms. The van der Waals surface area contributed by atoms with E-state index in [0.29, 0.717) is 12.1 Å². The largest absolute Gasteiger partial charge is 0.378 e. The van der Waals surface area contributed by atoms with Crippen molar-refractivity contribution in [1.29, 1.82) is 0 Å². The van der Waals surface area contributed by atoms with Crippen molar-refractivity contribution in [3.63, 3.8) is 0 Å². The molecule has 0 saturated carbocycles. The van der Waals surface area contributed by atoms with Gasteiger partial charge in [0.2, 0.25) is 0 Å². The fourth-order valence-corrected chi connectivity index (χ4v) is 3.23. The Morgan fingerprint density at radius 1 is 1.52 bits per heavy atom. The first-order valence-corrected chi connectivity index (χ1v) is 8.59. The third kappa shape index (κ3) is 4.44. The Labute approximate surface area is 133 Å². The lowest BCUT2D eigenvalue weighted by Crippen LogP contribution is -2.27. The van der Waals surface area contributed by atoms with E-state index in [1.165, 1.54) is 12.8 Å². The first-order valence-electron chi connectivity index (χ1n) is 8.21. The molecule has 0 aromatic carbocycles. The SMILES string of the molecule is CCCNC(CCC1CCCO1)c1c(Cl)cnn1C(C)C. The first kappa shape index (κ1) is 16.8. The van der Waals surface area contributed by atoms with Gasteiger partial charge in [0.25, 0.3) is 0 Å². The molecule has 1 fully saturated rings. The summed E-state index contributed by atoms with van der Waals surface area (Å²) in [6, 6.07) is 0.577. The van der Waals surface area contributed by atoms with Crippen LogP contribution < -0.4 is 5.32 Å². The molecule has 1 saturated heterocycles. The molecule has 1 aromatic rings. The maximum Gasteiger partial charge on any atom is 0.0834 e. The third-order valence-electron chi connectivity index (χ3n) is 4.05. The minimum atomic E-state index is 0.256. The Hall–Kier alpha value is -0.580. The number of nitrogens with one attached hydrogen (secondary N) is 1. The molecule has 120 valence electrons. The summed E-state index contributed by atoms with van der Waals surface area (Å²) < 4.78 is 7.80. The Bertz CT molecular complexity index is 427. The van der Waals surface area contributed by atoms with E-state index < -0.39 is 0 Å². The van der Waals surface area contributed by atoms with Gasteiger partial charge in [-0.2, -0.15) is 5.10 Å². The van der Waals surface area contributed by atoms with Crippen molar-refractivity contribution in [1.82, 2.24) is 15.1 Å². The van der Waals surface area contributed by atoms with Gasteiger partial charge in [-0.3, -0.25) is 4.68 Å². The van der Waals surface area contributed by atoms with E-state index in [0.717, 1.165) is 43.1 Å². The van der Waals surface area contributed by atoms with Crippen molar-refractivity contribution < 1.29 is 4.74 Å². The zero-order valence-corrected chi connectivity index (χ0v) is 14.2. The number of halogens is 1. The Balaban J connectivity index is 2.08. The van der Waals surface area contributed by atoms with Crippen LogP contribution in [0.3, 0.4) is 0 Å². The molecule has 0 amide bonds. The predicted molar refractivity (Wildman–Crippen MR) is 86.9 cm³/mol. The van der Waals surface area contributed by atoms with Crippen molar-refractivity contribution >= 4 is 11.6 Å². The van der Waals surface area contributed by atoms with E-state index in [9.17, 15) is 0 Å². The topological polar surface area (TPSA) is 39.1 Å². The van der Waals surface area contributed by atoms with Crippen molar-refractivity contribution in [3.8, 4) is 0 Å². The molecule has 1 N–H and O–H groups in total. The number of hydrogen-bond acceptors (Lipinski definition) is 3. The van der Waals surface area contributed by atoms with E-state index in [-0.39, 0.29) is 6.04 Å². The summed E-state index contributed by atoms with van der Waals surface area (Å²) >= 11 is 6.40. The molecule has 1 aliphatic heterocycles. The highest BCUT2D eigenvalue weighted by Gasteiger charge is 2.24. The van der Waals surface area contributed by atoms with E-state index in [4.69, 9.17) is 16.3 Å². The number of rotatable bonds is 8. The molecule has 2 heterocycles. The second-order valence-corrected chi connectivity index (χ2v) is 6.54. The zero-order valence-electron chi connectivity index (χ0n) is 13.4. The molecular formula is C16H28ClN3O. The average molecular weight is 314 g/mol. The second-order valence-electron chi connectivity index (χ2n) is 6.14. The maximum atomic E-state index is 6.40. The molecule has 1 aromatic heterocycles. The van der Waals surface area contributed by atoms with Crippen molar-refractivity contribution in [2.75, 3.05) is 13.2 Å². The van der Waals surface area contributed by atoms with Gasteiger partial charge in [-0.25, -0.2) is 0 Å². The zero-order chi connectivity index (χ0) is 15.2. The molecule has 2 unspecified atom stereocenters. The molecule has 0 aliphatic carbocycles. The van der Waals surface area contributed by atoms with Gasteiger partial charge in [0.1, 0.15) is 0 Å². The summed E-state index contributed by atoms with van der Waals surface area (Å²) in [4.78, 5) is 0. The minimum Gasteiger partial charge on any atom is -0.378 e. The predicted octanol–water partition coefficient (Wildman–Crippen LogP) is 4.12. The standard InChI is InChI=1S/C16H28ClN3O/c1-4-9-18-15(8-7-13-6-5-10-21-13)16-14(17)11-19-20(16)12(2)3/h11-13,15,18H,4-10H2,1-3H3. The van der Waals surface area contributed by atoms with E-state index in [1.54, 1.807) is 6.20 Å². The van der Waals surface area contributed by atoms with Crippen LogP contribution in [0.5, 0.6) is 0 Å². The summed E-state index contributed by atoms with van der Waals surface area (Å²) in [5, 5.41) is 8.84. The summed E-state index contributed by atoms with van der Waals surface area (Å²) in [7, 11) is 0. The lowest BCUT2D eigenvalue weighted by atomic mass is 10.0. The third-order valence-corrected chi connectivity index (χ3v) is 4.34. The quantitative estimate of drug-likeness (QED) is 0.784. The van der Waals surface area contributed by atoms with Crippen molar-refractivity contribution in [3.05, 3.63) is 16.9 Å². The van der Waals surface area contributed by atoms with Gasteiger partial charge in [0.05, 0.1) is 29.1 Å². The Morgan fingerprint density at radius 2 is 2.33 bits per heavy atom. The van der Waals surface area contributed by atoms with Crippen LogP contribution in [0.4, 0.5) is 0 Å². The highest BCUT2D eigenvalue weighted by molar-refractivity contribution is 6.31.